The fraction of sp³-hybridized carbons (Fsp3) is 0.308. The molecule has 0 bridgehead atoms. The number of carbonyl (C=O) groups excluding carboxylic acids is 1. The van der Waals surface area contributed by atoms with Crippen molar-refractivity contribution in [2.24, 2.45) is 0 Å². The lowest BCUT2D eigenvalue weighted by atomic mass is 9.98. The molecule has 1 aliphatic rings. The third-order valence-electron chi connectivity index (χ3n) is 2.87. The van der Waals surface area contributed by atoms with Crippen LogP contribution in [-0.2, 0) is 21.4 Å². The molecule has 0 radical (unpaired) electrons. The van der Waals surface area contributed by atoms with E-state index in [2.05, 4.69) is 0 Å². The van der Waals surface area contributed by atoms with Crippen molar-refractivity contribution in [2.45, 2.75) is 19.4 Å². The minimum absolute atomic E-state index is 0.0931. The van der Waals surface area contributed by atoms with Crippen LogP contribution in [0.25, 0.3) is 0 Å². The van der Waals surface area contributed by atoms with Crippen molar-refractivity contribution in [3.05, 3.63) is 47.5 Å². The number of rotatable bonds is 4. The Labute approximate surface area is 107 Å². The SMILES string of the molecule is CS(=O)(=O)N(Cc1ccccc1)C(=O)C1=CCC1. The maximum Gasteiger partial charge on any atom is 0.263 e. The van der Waals surface area contributed by atoms with Gasteiger partial charge in [-0.3, -0.25) is 4.79 Å². The van der Waals surface area contributed by atoms with Crippen molar-refractivity contribution >= 4 is 15.9 Å². The molecule has 0 aromatic heterocycles. The number of allylic oxidation sites excluding steroid dienone is 1. The Morgan fingerprint density at radius 3 is 2.33 bits per heavy atom. The van der Waals surface area contributed by atoms with E-state index in [-0.39, 0.29) is 6.54 Å². The molecule has 96 valence electrons. The second-order valence-electron chi connectivity index (χ2n) is 4.33. The fourth-order valence-corrected chi connectivity index (χ4v) is 2.53. The van der Waals surface area contributed by atoms with Gasteiger partial charge in [-0.25, -0.2) is 12.7 Å². The fourth-order valence-electron chi connectivity index (χ4n) is 1.73. The topological polar surface area (TPSA) is 54.5 Å². The van der Waals surface area contributed by atoms with E-state index < -0.39 is 15.9 Å². The van der Waals surface area contributed by atoms with Crippen molar-refractivity contribution in [1.29, 1.82) is 0 Å². The maximum absolute atomic E-state index is 12.1. The van der Waals surface area contributed by atoms with Gasteiger partial charge in [-0.15, -0.1) is 0 Å². The summed E-state index contributed by atoms with van der Waals surface area (Å²) in [5.41, 5.74) is 1.40. The molecule has 0 aliphatic heterocycles. The zero-order valence-electron chi connectivity index (χ0n) is 10.2. The van der Waals surface area contributed by atoms with E-state index in [1.807, 2.05) is 18.2 Å². The molecule has 0 spiro atoms. The number of benzene rings is 1. The van der Waals surface area contributed by atoms with Crippen molar-refractivity contribution in [1.82, 2.24) is 4.31 Å². The van der Waals surface area contributed by atoms with Gasteiger partial charge in [0.05, 0.1) is 12.8 Å². The van der Waals surface area contributed by atoms with E-state index in [4.69, 9.17) is 0 Å². The molecular weight excluding hydrogens is 250 g/mol. The van der Waals surface area contributed by atoms with Gasteiger partial charge in [0.1, 0.15) is 0 Å². The number of amides is 1. The minimum atomic E-state index is -3.54. The summed E-state index contributed by atoms with van der Waals surface area (Å²) in [6, 6.07) is 9.11. The number of nitrogens with zero attached hydrogens (tertiary/aromatic N) is 1. The maximum atomic E-state index is 12.1. The van der Waals surface area contributed by atoms with Gasteiger partial charge >= 0.3 is 0 Å². The molecule has 0 saturated carbocycles. The highest BCUT2D eigenvalue weighted by Gasteiger charge is 2.28. The van der Waals surface area contributed by atoms with Gasteiger partial charge in [-0.1, -0.05) is 36.4 Å². The van der Waals surface area contributed by atoms with Crippen LogP contribution < -0.4 is 0 Å². The normalized spacial score (nSPS) is 14.6. The van der Waals surface area contributed by atoms with Crippen LogP contribution in [0.3, 0.4) is 0 Å². The summed E-state index contributed by atoms with van der Waals surface area (Å²) in [7, 11) is -3.54. The summed E-state index contributed by atoms with van der Waals surface area (Å²) in [5, 5.41) is 0. The van der Waals surface area contributed by atoms with Gasteiger partial charge in [0, 0.05) is 5.57 Å². The van der Waals surface area contributed by atoms with E-state index in [9.17, 15) is 13.2 Å². The second kappa shape index (κ2) is 4.94. The molecule has 5 heteroatoms. The molecule has 1 amide bonds. The highest BCUT2D eigenvalue weighted by atomic mass is 32.2. The zero-order valence-corrected chi connectivity index (χ0v) is 11.0. The predicted octanol–water partition coefficient (Wildman–Crippen LogP) is 1.70. The van der Waals surface area contributed by atoms with Crippen LogP contribution in [0.2, 0.25) is 0 Å². The lowest BCUT2D eigenvalue weighted by molar-refractivity contribution is -0.123. The summed E-state index contributed by atoms with van der Waals surface area (Å²) in [5.74, 6) is -0.396. The predicted molar refractivity (Wildman–Crippen MR) is 69.2 cm³/mol. The van der Waals surface area contributed by atoms with Crippen molar-refractivity contribution in [3.8, 4) is 0 Å². The number of sulfonamides is 1. The van der Waals surface area contributed by atoms with E-state index >= 15 is 0 Å². The summed E-state index contributed by atoms with van der Waals surface area (Å²) in [4.78, 5) is 12.1. The molecule has 1 aromatic rings. The van der Waals surface area contributed by atoms with Crippen molar-refractivity contribution < 1.29 is 13.2 Å². The zero-order chi connectivity index (χ0) is 13.2. The molecule has 1 aromatic carbocycles. The van der Waals surface area contributed by atoms with Gasteiger partial charge in [0.15, 0.2) is 0 Å². The molecule has 0 saturated heterocycles. The van der Waals surface area contributed by atoms with Gasteiger partial charge in [0.25, 0.3) is 5.91 Å². The smallest absolute Gasteiger partial charge is 0.263 e. The van der Waals surface area contributed by atoms with E-state index in [0.29, 0.717) is 12.0 Å². The average molecular weight is 265 g/mol. The summed E-state index contributed by atoms with van der Waals surface area (Å²) < 4.78 is 24.3. The third-order valence-corrected chi connectivity index (χ3v) is 3.97. The van der Waals surface area contributed by atoms with Gasteiger partial charge in [0.2, 0.25) is 10.0 Å². The van der Waals surface area contributed by atoms with Crippen LogP contribution in [0.1, 0.15) is 18.4 Å². The second-order valence-corrected chi connectivity index (χ2v) is 6.24. The van der Waals surface area contributed by atoms with Crippen LogP contribution in [0.15, 0.2) is 42.0 Å². The monoisotopic (exact) mass is 265 g/mol. The molecule has 18 heavy (non-hydrogen) atoms. The molecule has 2 rings (SSSR count). The number of hydrogen-bond acceptors (Lipinski definition) is 3. The average Bonchev–Trinajstić information content (AvgIpc) is 2.23. The molecule has 1 aliphatic carbocycles. The van der Waals surface area contributed by atoms with Gasteiger partial charge in [-0.2, -0.15) is 0 Å². The highest BCUT2D eigenvalue weighted by Crippen LogP contribution is 2.22. The van der Waals surface area contributed by atoms with Crippen LogP contribution in [-0.4, -0.2) is 24.9 Å². The first kappa shape index (κ1) is 12.8. The third kappa shape index (κ3) is 2.79. The van der Waals surface area contributed by atoms with Crippen LogP contribution in [0.4, 0.5) is 0 Å². The molecule has 0 N–H and O–H groups in total. The van der Waals surface area contributed by atoms with Crippen molar-refractivity contribution in [3.63, 3.8) is 0 Å². The minimum Gasteiger partial charge on any atom is -0.268 e. The summed E-state index contributed by atoms with van der Waals surface area (Å²) >= 11 is 0. The molecule has 4 nitrogen and oxygen atoms in total. The van der Waals surface area contributed by atoms with E-state index in [1.54, 1.807) is 18.2 Å². The van der Waals surface area contributed by atoms with E-state index in [1.165, 1.54) is 0 Å². The molecular formula is C13H15NO3S. The first-order valence-electron chi connectivity index (χ1n) is 5.73. The molecule has 0 unspecified atom stereocenters. The standard InChI is InChI=1S/C13H15NO3S/c1-18(16,17)14(13(15)12-8-5-9-12)10-11-6-3-2-4-7-11/h2-4,6-8H,5,9-10H2,1H3. The van der Waals surface area contributed by atoms with Crippen molar-refractivity contribution in [2.75, 3.05) is 6.26 Å². The summed E-state index contributed by atoms with van der Waals surface area (Å²) in [6.45, 7) is 0.0931. The Kier molecular flexibility index (Phi) is 3.52. The Morgan fingerprint density at radius 2 is 1.89 bits per heavy atom. The van der Waals surface area contributed by atoms with Gasteiger partial charge in [-0.05, 0) is 18.4 Å². The Balaban J connectivity index is 2.24. The Morgan fingerprint density at radius 1 is 1.28 bits per heavy atom. The Bertz CT molecular complexity index is 576. The van der Waals surface area contributed by atoms with Gasteiger partial charge < -0.3 is 0 Å². The quantitative estimate of drug-likeness (QED) is 0.832. The molecule has 0 fully saturated rings. The lowest BCUT2D eigenvalue weighted by Gasteiger charge is -2.24. The first-order chi connectivity index (χ1) is 8.48. The van der Waals surface area contributed by atoms with E-state index in [0.717, 1.165) is 22.5 Å². The molecule has 0 heterocycles. The summed E-state index contributed by atoms with van der Waals surface area (Å²) in [6.07, 6.45) is 4.36. The number of hydrogen-bond donors (Lipinski definition) is 0. The lowest BCUT2D eigenvalue weighted by Crippen LogP contribution is -2.37. The van der Waals surface area contributed by atoms with Crippen LogP contribution in [0, 0.1) is 0 Å². The van der Waals surface area contributed by atoms with Crippen LogP contribution >= 0.6 is 0 Å². The largest absolute Gasteiger partial charge is 0.268 e. The highest BCUT2D eigenvalue weighted by molar-refractivity contribution is 7.88. The molecule has 0 atom stereocenters. The Hall–Kier alpha value is -1.62. The van der Waals surface area contributed by atoms with Crippen LogP contribution in [0.5, 0.6) is 0 Å². The number of carbonyl (C=O) groups is 1. The first-order valence-corrected chi connectivity index (χ1v) is 7.58.